The van der Waals surface area contributed by atoms with E-state index in [2.05, 4.69) is 15.2 Å². The van der Waals surface area contributed by atoms with Crippen molar-refractivity contribution in [2.24, 2.45) is 0 Å². The first-order valence-corrected chi connectivity index (χ1v) is 7.39. The van der Waals surface area contributed by atoms with Crippen molar-refractivity contribution in [1.29, 1.82) is 0 Å². The van der Waals surface area contributed by atoms with Crippen molar-refractivity contribution in [2.75, 3.05) is 0 Å². The Kier molecular flexibility index (Phi) is 6.00. The highest BCUT2D eigenvalue weighted by molar-refractivity contribution is 5.91. The third-order valence-corrected chi connectivity index (χ3v) is 3.14. The van der Waals surface area contributed by atoms with E-state index in [0.717, 1.165) is 6.42 Å². The van der Waals surface area contributed by atoms with Gasteiger partial charge in [0.05, 0.1) is 0 Å². The number of carbonyl (C=O) groups is 1. The maximum Gasteiger partial charge on any atom is 0.387 e. The highest BCUT2D eigenvalue weighted by Gasteiger charge is 2.09. The lowest BCUT2D eigenvalue weighted by Crippen LogP contribution is -2.29. The molecule has 0 aliphatic rings. The molecule has 0 unspecified atom stereocenters. The summed E-state index contributed by atoms with van der Waals surface area (Å²) in [4.78, 5) is 23.7. The zero-order valence-electron chi connectivity index (χ0n) is 13.0. The Balaban J connectivity index is 1.97. The Morgan fingerprint density at radius 1 is 1.25 bits per heavy atom. The summed E-state index contributed by atoms with van der Waals surface area (Å²) < 4.78 is 29.6. The second-order valence-electron chi connectivity index (χ2n) is 4.99. The van der Waals surface area contributed by atoms with E-state index in [9.17, 15) is 18.4 Å². The molecule has 128 valence electrons. The molecule has 0 bridgehead atoms. The highest BCUT2D eigenvalue weighted by atomic mass is 19.3. The Hall–Kier alpha value is -2.77. The number of nitrogens with zero attached hydrogens (tertiary/aromatic N) is 2. The van der Waals surface area contributed by atoms with Gasteiger partial charge in [-0.05, 0) is 30.2 Å². The minimum absolute atomic E-state index is 0.0494. The lowest BCUT2D eigenvalue weighted by atomic mass is 10.2. The molecule has 1 amide bonds. The van der Waals surface area contributed by atoms with E-state index in [4.69, 9.17) is 0 Å². The number of hydrogen-bond acceptors (Lipinski definition) is 4. The molecule has 24 heavy (non-hydrogen) atoms. The number of alkyl halides is 2. The standard InChI is InChI=1S/C16H17F2N3O3/c1-2-9-21-14(22)8-7-13(20-21)15(23)19-10-11-3-5-12(6-4-11)24-16(17)18/h3-8,16H,2,9-10H2,1H3,(H,19,23). The largest absolute Gasteiger partial charge is 0.435 e. The zero-order chi connectivity index (χ0) is 17.5. The van der Waals surface area contributed by atoms with E-state index in [1.54, 1.807) is 12.1 Å². The van der Waals surface area contributed by atoms with Crippen LogP contribution in [-0.2, 0) is 13.1 Å². The summed E-state index contributed by atoms with van der Waals surface area (Å²) in [5.74, 6) is -0.374. The quantitative estimate of drug-likeness (QED) is 0.840. The van der Waals surface area contributed by atoms with Gasteiger partial charge in [0.2, 0.25) is 0 Å². The highest BCUT2D eigenvalue weighted by Crippen LogP contribution is 2.14. The first-order valence-electron chi connectivity index (χ1n) is 7.39. The van der Waals surface area contributed by atoms with Crippen molar-refractivity contribution in [3.63, 3.8) is 0 Å². The van der Waals surface area contributed by atoms with Crippen LogP contribution in [0.5, 0.6) is 5.75 Å². The predicted octanol–water partition coefficient (Wildman–Crippen LogP) is 2.18. The Bertz CT molecular complexity index is 745. The molecule has 0 fully saturated rings. The molecule has 6 nitrogen and oxygen atoms in total. The van der Waals surface area contributed by atoms with E-state index >= 15 is 0 Å². The Morgan fingerprint density at radius 2 is 1.96 bits per heavy atom. The van der Waals surface area contributed by atoms with Crippen LogP contribution in [0.3, 0.4) is 0 Å². The molecule has 1 aromatic heterocycles. The number of rotatable bonds is 7. The molecule has 1 aromatic carbocycles. The fraction of sp³-hybridized carbons (Fsp3) is 0.312. The van der Waals surface area contributed by atoms with E-state index in [1.165, 1.54) is 28.9 Å². The normalized spacial score (nSPS) is 10.7. The van der Waals surface area contributed by atoms with E-state index in [-0.39, 0.29) is 23.5 Å². The van der Waals surface area contributed by atoms with Gasteiger partial charge in [-0.1, -0.05) is 19.1 Å². The lowest BCUT2D eigenvalue weighted by Gasteiger charge is -2.08. The number of nitrogens with one attached hydrogen (secondary N) is 1. The third-order valence-electron chi connectivity index (χ3n) is 3.14. The third kappa shape index (κ3) is 4.87. The van der Waals surface area contributed by atoms with Crippen LogP contribution in [0.1, 0.15) is 29.4 Å². The zero-order valence-corrected chi connectivity index (χ0v) is 13.0. The van der Waals surface area contributed by atoms with Gasteiger partial charge in [-0.2, -0.15) is 13.9 Å². The summed E-state index contributed by atoms with van der Waals surface area (Å²) in [5.41, 5.74) is 0.593. The van der Waals surface area contributed by atoms with Gasteiger partial charge in [0, 0.05) is 19.2 Å². The molecule has 2 rings (SSSR count). The van der Waals surface area contributed by atoms with Crippen LogP contribution in [0.25, 0.3) is 0 Å². The van der Waals surface area contributed by atoms with Crippen molar-refractivity contribution in [3.05, 3.63) is 58.0 Å². The molecule has 0 aliphatic heterocycles. The number of ether oxygens (including phenoxy) is 1. The first-order chi connectivity index (χ1) is 11.5. The maximum atomic E-state index is 12.1. The minimum Gasteiger partial charge on any atom is -0.435 e. The molecule has 0 saturated heterocycles. The van der Waals surface area contributed by atoms with Gasteiger partial charge >= 0.3 is 6.61 Å². The SMILES string of the molecule is CCCn1nc(C(=O)NCc2ccc(OC(F)F)cc2)ccc1=O. The monoisotopic (exact) mass is 337 g/mol. The van der Waals surface area contributed by atoms with Crippen LogP contribution in [0.4, 0.5) is 8.78 Å². The van der Waals surface area contributed by atoms with Crippen molar-refractivity contribution < 1.29 is 18.3 Å². The molecule has 0 radical (unpaired) electrons. The van der Waals surface area contributed by atoms with E-state index < -0.39 is 12.5 Å². The van der Waals surface area contributed by atoms with Crippen LogP contribution in [0.2, 0.25) is 0 Å². The number of aromatic nitrogens is 2. The number of amides is 1. The summed E-state index contributed by atoms with van der Waals surface area (Å²) >= 11 is 0. The van der Waals surface area contributed by atoms with Gasteiger partial charge in [0.15, 0.2) is 0 Å². The van der Waals surface area contributed by atoms with Crippen molar-refractivity contribution in [2.45, 2.75) is 33.0 Å². The van der Waals surface area contributed by atoms with Crippen LogP contribution in [0, 0.1) is 0 Å². The second kappa shape index (κ2) is 8.19. The average molecular weight is 337 g/mol. The van der Waals surface area contributed by atoms with Crippen LogP contribution < -0.4 is 15.6 Å². The van der Waals surface area contributed by atoms with Gasteiger partial charge in [-0.25, -0.2) is 4.68 Å². The summed E-state index contributed by atoms with van der Waals surface area (Å²) in [5, 5.41) is 6.67. The number of carbonyl (C=O) groups excluding carboxylic acids is 1. The lowest BCUT2D eigenvalue weighted by molar-refractivity contribution is -0.0498. The maximum absolute atomic E-state index is 12.1. The summed E-state index contributed by atoms with van der Waals surface area (Å²) in [6.07, 6.45) is 0.727. The molecule has 2 aromatic rings. The fourth-order valence-corrected chi connectivity index (χ4v) is 2.00. The molecule has 8 heteroatoms. The molecular formula is C16H17F2N3O3. The predicted molar refractivity (Wildman–Crippen MR) is 83.0 cm³/mol. The van der Waals surface area contributed by atoms with E-state index in [1.807, 2.05) is 6.92 Å². The van der Waals surface area contributed by atoms with Crippen molar-refractivity contribution in [1.82, 2.24) is 15.1 Å². The molecule has 0 aliphatic carbocycles. The Labute approximate surface area is 137 Å². The van der Waals surface area contributed by atoms with Crippen LogP contribution in [-0.4, -0.2) is 22.3 Å². The number of hydrogen-bond donors (Lipinski definition) is 1. The second-order valence-corrected chi connectivity index (χ2v) is 4.99. The van der Waals surface area contributed by atoms with Crippen molar-refractivity contribution in [3.8, 4) is 5.75 Å². The molecular weight excluding hydrogens is 320 g/mol. The summed E-state index contributed by atoms with van der Waals surface area (Å²) in [6, 6.07) is 8.60. The topological polar surface area (TPSA) is 73.2 Å². The molecule has 0 spiro atoms. The summed E-state index contributed by atoms with van der Waals surface area (Å²) in [6.45, 7) is -0.337. The smallest absolute Gasteiger partial charge is 0.387 e. The van der Waals surface area contributed by atoms with Gasteiger partial charge < -0.3 is 10.1 Å². The molecule has 1 N–H and O–H groups in total. The summed E-state index contributed by atoms with van der Waals surface area (Å²) in [7, 11) is 0. The first kappa shape index (κ1) is 17.6. The number of halogens is 2. The van der Waals surface area contributed by atoms with Gasteiger partial charge in [0.25, 0.3) is 11.5 Å². The van der Waals surface area contributed by atoms with Crippen molar-refractivity contribution >= 4 is 5.91 Å². The minimum atomic E-state index is -2.87. The van der Waals surface area contributed by atoms with E-state index in [0.29, 0.717) is 12.1 Å². The van der Waals surface area contributed by atoms with Gasteiger partial charge in [0.1, 0.15) is 11.4 Å². The molecule has 0 atom stereocenters. The van der Waals surface area contributed by atoms with Gasteiger partial charge in [-0.3, -0.25) is 9.59 Å². The molecule has 0 saturated carbocycles. The van der Waals surface area contributed by atoms with Crippen LogP contribution in [0.15, 0.2) is 41.2 Å². The van der Waals surface area contributed by atoms with Crippen LogP contribution >= 0.6 is 0 Å². The number of benzene rings is 1. The molecule has 1 heterocycles. The Morgan fingerprint density at radius 3 is 2.58 bits per heavy atom. The van der Waals surface area contributed by atoms with Gasteiger partial charge in [-0.15, -0.1) is 0 Å². The fourth-order valence-electron chi connectivity index (χ4n) is 2.00. The number of aryl methyl sites for hydroxylation is 1. The average Bonchev–Trinajstić information content (AvgIpc) is 2.55.